The Bertz CT molecular complexity index is 475. The molecule has 0 aromatic carbocycles. The fourth-order valence-corrected chi connectivity index (χ4v) is 2.54. The zero-order valence-corrected chi connectivity index (χ0v) is 11.2. The summed E-state index contributed by atoms with van der Waals surface area (Å²) in [6, 6.07) is -0.950. The number of hydrogen-bond acceptors (Lipinski definition) is 6. The largest absolute Gasteiger partial charge is 0.480 e. The molecular formula is C11H14N2O5S. The van der Waals surface area contributed by atoms with E-state index in [-0.39, 0.29) is 24.8 Å². The number of aromatic nitrogens is 1. The van der Waals surface area contributed by atoms with Gasteiger partial charge in [0, 0.05) is 19.0 Å². The van der Waals surface area contributed by atoms with Gasteiger partial charge in [-0.2, -0.15) is 0 Å². The maximum atomic E-state index is 12.2. The number of ether oxygens (including phenoxy) is 2. The normalized spacial score (nSPS) is 19.4. The Morgan fingerprint density at radius 3 is 3.16 bits per heavy atom. The van der Waals surface area contributed by atoms with Crippen LogP contribution in [0.15, 0.2) is 5.38 Å². The standard InChI is InChI=1S/C11H14N2O5S/c1-17-5-9-12-7(6-19-9)10(14)13-2-3-18-4-8(13)11(15)16/h6,8H,2-5H2,1H3,(H,15,16). The van der Waals surface area contributed by atoms with Crippen molar-refractivity contribution >= 4 is 23.2 Å². The minimum Gasteiger partial charge on any atom is -0.480 e. The second kappa shape index (κ2) is 6.09. The van der Waals surface area contributed by atoms with Gasteiger partial charge in [0.25, 0.3) is 5.91 Å². The fraction of sp³-hybridized carbons (Fsp3) is 0.545. The molecule has 1 aliphatic heterocycles. The summed E-state index contributed by atoms with van der Waals surface area (Å²) in [6.45, 7) is 0.942. The Labute approximate surface area is 113 Å². The topological polar surface area (TPSA) is 89.0 Å². The van der Waals surface area contributed by atoms with Crippen LogP contribution in [0, 0.1) is 0 Å². The van der Waals surface area contributed by atoms with Gasteiger partial charge in [-0.05, 0) is 0 Å². The minimum atomic E-state index is -1.07. The van der Waals surface area contributed by atoms with E-state index in [1.165, 1.54) is 16.2 Å². The van der Waals surface area contributed by atoms with Crippen molar-refractivity contribution in [1.82, 2.24) is 9.88 Å². The maximum Gasteiger partial charge on any atom is 0.328 e. The van der Waals surface area contributed by atoms with E-state index in [1.807, 2.05) is 0 Å². The van der Waals surface area contributed by atoms with Gasteiger partial charge in [-0.25, -0.2) is 9.78 Å². The van der Waals surface area contributed by atoms with Crippen LogP contribution >= 0.6 is 11.3 Å². The van der Waals surface area contributed by atoms with Crippen LogP contribution in [0.2, 0.25) is 0 Å². The zero-order valence-electron chi connectivity index (χ0n) is 10.4. The van der Waals surface area contributed by atoms with E-state index in [0.717, 1.165) is 0 Å². The Hall–Kier alpha value is -1.51. The molecule has 0 radical (unpaired) electrons. The van der Waals surface area contributed by atoms with Gasteiger partial charge in [-0.1, -0.05) is 0 Å². The SMILES string of the molecule is COCc1nc(C(=O)N2CCOCC2C(=O)O)cs1. The van der Waals surface area contributed by atoms with Crippen LogP contribution in [-0.4, -0.2) is 59.8 Å². The molecule has 1 atom stereocenters. The fourth-order valence-electron chi connectivity index (χ4n) is 1.80. The predicted molar refractivity (Wildman–Crippen MR) is 66.1 cm³/mol. The first-order chi connectivity index (χ1) is 9.13. The van der Waals surface area contributed by atoms with E-state index in [0.29, 0.717) is 18.2 Å². The van der Waals surface area contributed by atoms with Gasteiger partial charge in [-0.3, -0.25) is 4.79 Å². The van der Waals surface area contributed by atoms with Crippen LogP contribution in [-0.2, 0) is 20.9 Å². The number of morpholine rings is 1. The molecule has 1 aliphatic rings. The second-order valence-electron chi connectivity index (χ2n) is 3.99. The van der Waals surface area contributed by atoms with E-state index >= 15 is 0 Å². The van der Waals surface area contributed by atoms with Gasteiger partial charge < -0.3 is 19.5 Å². The molecule has 1 N–H and O–H groups in total. The number of carboxylic acids is 1. The highest BCUT2D eigenvalue weighted by Gasteiger charge is 2.34. The summed E-state index contributed by atoms with van der Waals surface area (Å²) in [7, 11) is 1.55. The van der Waals surface area contributed by atoms with Crippen molar-refractivity contribution in [2.75, 3.05) is 26.9 Å². The molecular weight excluding hydrogens is 272 g/mol. The third-order valence-corrected chi connectivity index (χ3v) is 3.54. The molecule has 2 heterocycles. The summed E-state index contributed by atoms with van der Waals surface area (Å²) < 4.78 is 10.0. The first kappa shape index (κ1) is 13.9. The van der Waals surface area contributed by atoms with E-state index in [4.69, 9.17) is 14.6 Å². The Balaban J connectivity index is 2.14. The first-order valence-corrected chi connectivity index (χ1v) is 6.56. The van der Waals surface area contributed by atoms with E-state index < -0.39 is 12.0 Å². The Morgan fingerprint density at radius 1 is 1.68 bits per heavy atom. The van der Waals surface area contributed by atoms with Crippen molar-refractivity contribution in [3.05, 3.63) is 16.1 Å². The Morgan fingerprint density at radius 2 is 2.47 bits per heavy atom. The molecule has 1 aromatic rings. The summed E-state index contributed by atoms with van der Waals surface area (Å²) in [6.07, 6.45) is 0. The number of methoxy groups -OCH3 is 1. The lowest BCUT2D eigenvalue weighted by Gasteiger charge is -2.32. The van der Waals surface area contributed by atoms with Crippen LogP contribution in [0.5, 0.6) is 0 Å². The zero-order chi connectivity index (χ0) is 13.8. The summed E-state index contributed by atoms with van der Waals surface area (Å²) >= 11 is 1.31. The van der Waals surface area contributed by atoms with Crippen LogP contribution in [0.25, 0.3) is 0 Å². The molecule has 0 bridgehead atoms. The molecule has 1 unspecified atom stereocenters. The molecule has 7 nitrogen and oxygen atoms in total. The molecule has 1 aromatic heterocycles. The number of nitrogens with zero attached hydrogens (tertiary/aromatic N) is 2. The maximum absolute atomic E-state index is 12.2. The van der Waals surface area contributed by atoms with Crippen molar-refractivity contribution in [3.8, 4) is 0 Å². The van der Waals surface area contributed by atoms with Gasteiger partial charge in [0.15, 0.2) is 6.04 Å². The van der Waals surface area contributed by atoms with Gasteiger partial charge >= 0.3 is 5.97 Å². The Kier molecular flexibility index (Phi) is 4.46. The first-order valence-electron chi connectivity index (χ1n) is 5.68. The third-order valence-electron chi connectivity index (χ3n) is 2.71. The molecule has 19 heavy (non-hydrogen) atoms. The summed E-state index contributed by atoms with van der Waals surface area (Å²) in [5, 5.41) is 11.4. The number of carboxylic acid groups (broad SMARTS) is 1. The quantitative estimate of drug-likeness (QED) is 0.851. The molecule has 1 amide bonds. The highest BCUT2D eigenvalue weighted by Crippen LogP contribution is 2.16. The van der Waals surface area contributed by atoms with Gasteiger partial charge in [0.05, 0.1) is 19.8 Å². The number of amides is 1. The van der Waals surface area contributed by atoms with E-state index in [1.54, 1.807) is 12.5 Å². The van der Waals surface area contributed by atoms with Crippen molar-refractivity contribution in [2.24, 2.45) is 0 Å². The number of rotatable bonds is 4. The number of thiazole rings is 1. The van der Waals surface area contributed by atoms with Crippen molar-refractivity contribution in [1.29, 1.82) is 0 Å². The van der Waals surface area contributed by atoms with Crippen LogP contribution in [0.1, 0.15) is 15.5 Å². The summed E-state index contributed by atoms with van der Waals surface area (Å²) in [4.78, 5) is 28.8. The molecule has 1 saturated heterocycles. The molecule has 104 valence electrons. The predicted octanol–water partition coefficient (Wildman–Crippen LogP) is 0.215. The summed E-state index contributed by atoms with van der Waals surface area (Å²) in [5.74, 6) is -1.45. The third kappa shape index (κ3) is 3.09. The average Bonchev–Trinajstić information content (AvgIpc) is 2.87. The molecule has 0 aliphatic carbocycles. The number of carbonyl (C=O) groups is 2. The molecule has 1 fully saturated rings. The van der Waals surface area contributed by atoms with Crippen LogP contribution in [0.3, 0.4) is 0 Å². The lowest BCUT2D eigenvalue weighted by Crippen LogP contribution is -2.52. The molecule has 0 saturated carbocycles. The summed E-state index contributed by atoms with van der Waals surface area (Å²) in [5.41, 5.74) is 0.255. The smallest absolute Gasteiger partial charge is 0.328 e. The highest BCUT2D eigenvalue weighted by atomic mass is 32.1. The van der Waals surface area contributed by atoms with Gasteiger partial charge in [0.2, 0.25) is 0 Å². The lowest BCUT2D eigenvalue weighted by atomic mass is 10.2. The molecule has 2 rings (SSSR count). The number of hydrogen-bond donors (Lipinski definition) is 1. The molecule has 8 heteroatoms. The van der Waals surface area contributed by atoms with Crippen molar-refractivity contribution in [2.45, 2.75) is 12.6 Å². The van der Waals surface area contributed by atoms with Gasteiger partial charge in [-0.15, -0.1) is 11.3 Å². The monoisotopic (exact) mass is 286 g/mol. The van der Waals surface area contributed by atoms with E-state index in [9.17, 15) is 9.59 Å². The minimum absolute atomic E-state index is 0.0101. The van der Waals surface area contributed by atoms with Crippen LogP contribution < -0.4 is 0 Å². The number of aliphatic carboxylic acids is 1. The average molecular weight is 286 g/mol. The van der Waals surface area contributed by atoms with Crippen molar-refractivity contribution < 1.29 is 24.2 Å². The van der Waals surface area contributed by atoms with Gasteiger partial charge in [0.1, 0.15) is 10.7 Å². The van der Waals surface area contributed by atoms with E-state index in [2.05, 4.69) is 4.98 Å². The van der Waals surface area contributed by atoms with Crippen LogP contribution in [0.4, 0.5) is 0 Å². The lowest BCUT2D eigenvalue weighted by molar-refractivity contribution is -0.147. The molecule has 0 spiro atoms. The van der Waals surface area contributed by atoms with Crippen molar-refractivity contribution in [3.63, 3.8) is 0 Å². The highest BCUT2D eigenvalue weighted by molar-refractivity contribution is 7.09. The second-order valence-corrected chi connectivity index (χ2v) is 4.93. The number of carbonyl (C=O) groups excluding carboxylic acids is 1.